The van der Waals surface area contributed by atoms with Gasteiger partial charge in [-0.15, -0.1) is 10.2 Å². The van der Waals surface area contributed by atoms with Gasteiger partial charge in [0.05, 0.1) is 6.04 Å². The minimum Gasteiger partial charge on any atom is -0.312 e. The van der Waals surface area contributed by atoms with Gasteiger partial charge in [0.1, 0.15) is 11.6 Å². The molecule has 0 amide bonds. The molecule has 0 saturated heterocycles. The Morgan fingerprint density at radius 3 is 2.71 bits per heavy atom. The molecule has 1 aliphatic heterocycles. The molecule has 1 aliphatic carbocycles. The van der Waals surface area contributed by atoms with Crippen LogP contribution in [0.2, 0.25) is 0 Å². The first-order chi connectivity index (χ1) is 6.77. The highest BCUT2D eigenvalue weighted by atomic mass is 15.3. The molecule has 4 nitrogen and oxygen atoms in total. The smallest absolute Gasteiger partial charge is 0.149 e. The maximum absolute atomic E-state index is 4.33. The van der Waals surface area contributed by atoms with E-state index in [1.165, 1.54) is 12.2 Å². The molecule has 1 N–H and O–H groups in total. The van der Waals surface area contributed by atoms with Gasteiger partial charge in [0.2, 0.25) is 0 Å². The van der Waals surface area contributed by atoms with E-state index in [9.17, 15) is 0 Å². The van der Waals surface area contributed by atoms with Crippen molar-refractivity contribution in [1.82, 2.24) is 20.1 Å². The summed E-state index contributed by atoms with van der Waals surface area (Å²) in [6, 6.07) is 0.360. The predicted molar refractivity (Wildman–Crippen MR) is 53.0 cm³/mol. The molecule has 0 bridgehead atoms. The monoisotopic (exact) mass is 192 g/mol. The number of hydrogen-bond donors (Lipinski definition) is 1. The Hall–Kier alpha value is -0.900. The predicted octanol–water partition coefficient (Wildman–Crippen LogP) is 1.07. The van der Waals surface area contributed by atoms with Crippen LogP contribution in [0, 0.1) is 5.92 Å². The summed E-state index contributed by atoms with van der Waals surface area (Å²) in [7, 11) is 0. The van der Waals surface area contributed by atoms with Crippen LogP contribution in [-0.2, 0) is 6.54 Å². The second-order valence-corrected chi connectivity index (χ2v) is 4.56. The molecule has 0 radical (unpaired) electrons. The van der Waals surface area contributed by atoms with E-state index in [2.05, 4.69) is 33.9 Å². The highest BCUT2D eigenvalue weighted by molar-refractivity contribution is 5.14. The first kappa shape index (κ1) is 8.41. The Morgan fingerprint density at radius 1 is 1.29 bits per heavy atom. The van der Waals surface area contributed by atoms with E-state index in [1.54, 1.807) is 0 Å². The molecule has 2 aliphatic rings. The zero-order chi connectivity index (χ0) is 9.71. The van der Waals surface area contributed by atoms with Crippen LogP contribution in [-0.4, -0.2) is 21.3 Å². The summed E-state index contributed by atoms with van der Waals surface area (Å²) >= 11 is 0. The molecule has 14 heavy (non-hydrogen) atoms. The first-order valence-corrected chi connectivity index (χ1v) is 5.43. The number of nitrogens with zero attached hydrogens (tertiary/aromatic N) is 3. The van der Waals surface area contributed by atoms with Crippen LogP contribution in [0.4, 0.5) is 0 Å². The Labute approximate surface area is 83.7 Å². The molecule has 2 heterocycles. The number of rotatable bonds is 1. The van der Waals surface area contributed by atoms with Gasteiger partial charge in [-0.25, -0.2) is 0 Å². The van der Waals surface area contributed by atoms with E-state index in [0.717, 1.165) is 24.8 Å². The molecule has 1 aromatic rings. The fraction of sp³-hybridized carbons (Fsp3) is 0.800. The van der Waals surface area contributed by atoms with Gasteiger partial charge in [0, 0.05) is 19.0 Å². The van der Waals surface area contributed by atoms with Crippen molar-refractivity contribution in [1.29, 1.82) is 0 Å². The Morgan fingerprint density at radius 2 is 2.00 bits per heavy atom. The largest absolute Gasteiger partial charge is 0.312 e. The SMILES string of the molecule is CC1NCCn2c1nnc2C1CC1C. The van der Waals surface area contributed by atoms with Crippen molar-refractivity contribution < 1.29 is 0 Å². The minimum atomic E-state index is 0.360. The topological polar surface area (TPSA) is 42.7 Å². The van der Waals surface area contributed by atoms with Crippen LogP contribution in [0.3, 0.4) is 0 Å². The summed E-state index contributed by atoms with van der Waals surface area (Å²) < 4.78 is 2.31. The summed E-state index contributed by atoms with van der Waals surface area (Å²) in [6.07, 6.45) is 1.29. The third-order valence-electron chi connectivity index (χ3n) is 3.42. The molecule has 1 saturated carbocycles. The molecule has 3 atom stereocenters. The summed E-state index contributed by atoms with van der Waals surface area (Å²) in [4.78, 5) is 0. The fourth-order valence-electron chi connectivity index (χ4n) is 2.32. The Balaban J connectivity index is 1.99. The van der Waals surface area contributed by atoms with Crippen molar-refractivity contribution in [3.63, 3.8) is 0 Å². The minimum absolute atomic E-state index is 0.360. The van der Waals surface area contributed by atoms with E-state index in [1.807, 2.05) is 0 Å². The van der Waals surface area contributed by atoms with Gasteiger partial charge in [-0.05, 0) is 19.3 Å². The van der Waals surface area contributed by atoms with Gasteiger partial charge < -0.3 is 9.88 Å². The second-order valence-electron chi connectivity index (χ2n) is 4.56. The lowest BCUT2D eigenvalue weighted by Crippen LogP contribution is -2.32. The zero-order valence-corrected chi connectivity index (χ0v) is 8.70. The third-order valence-corrected chi connectivity index (χ3v) is 3.42. The molecule has 0 aromatic carbocycles. The molecule has 76 valence electrons. The lowest BCUT2D eigenvalue weighted by atomic mass is 10.2. The number of aromatic nitrogens is 3. The van der Waals surface area contributed by atoms with E-state index in [4.69, 9.17) is 0 Å². The number of nitrogens with one attached hydrogen (secondary N) is 1. The van der Waals surface area contributed by atoms with Crippen LogP contribution in [0.1, 0.15) is 43.9 Å². The normalized spacial score (nSPS) is 35.4. The summed E-state index contributed by atoms with van der Waals surface area (Å²) in [5.41, 5.74) is 0. The highest BCUT2D eigenvalue weighted by Gasteiger charge is 2.39. The maximum Gasteiger partial charge on any atom is 0.149 e. The quantitative estimate of drug-likeness (QED) is 0.723. The Kier molecular flexibility index (Phi) is 1.68. The molecular weight excluding hydrogens is 176 g/mol. The molecule has 3 unspecified atom stereocenters. The van der Waals surface area contributed by atoms with Gasteiger partial charge in [-0.2, -0.15) is 0 Å². The van der Waals surface area contributed by atoms with E-state index >= 15 is 0 Å². The van der Waals surface area contributed by atoms with E-state index in [0.29, 0.717) is 12.0 Å². The van der Waals surface area contributed by atoms with Gasteiger partial charge in [0.15, 0.2) is 0 Å². The summed E-state index contributed by atoms with van der Waals surface area (Å²) in [6.45, 7) is 6.52. The van der Waals surface area contributed by atoms with Crippen molar-refractivity contribution in [3.05, 3.63) is 11.6 Å². The molecule has 0 spiro atoms. The average Bonchev–Trinajstić information content (AvgIpc) is 2.75. The maximum atomic E-state index is 4.33. The number of fused-ring (bicyclic) bond motifs is 1. The van der Waals surface area contributed by atoms with Crippen molar-refractivity contribution in [3.8, 4) is 0 Å². The van der Waals surface area contributed by atoms with Crippen molar-refractivity contribution in [2.24, 2.45) is 5.92 Å². The highest BCUT2D eigenvalue weighted by Crippen LogP contribution is 2.46. The first-order valence-electron chi connectivity index (χ1n) is 5.43. The average molecular weight is 192 g/mol. The van der Waals surface area contributed by atoms with Gasteiger partial charge >= 0.3 is 0 Å². The fourth-order valence-corrected chi connectivity index (χ4v) is 2.32. The van der Waals surface area contributed by atoms with Crippen LogP contribution in [0.15, 0.2) is 0 Å². The third kappa shape index (κ3) is 1.10. The summed E-state index contributed by atoms with van der Waals surface area (Å²) in [5.74, 6) is 3.83. The van der Waals surface area contributed by atoms with E-state index in [-0.39, 0.29) is 0 Å². The molecule has 1 fully saturated rings. The van der Waals surface area contributed by atoms with Crippen molar-refractivity contribution in [2.45, 2.75) is 38.8 Å². The zero-order valence-electron chi connectivity index (χ0n) is 8.70. The second kappa shape index (κ2) is 2.79. The van der Waals surface area contributed by atoms with Crippen LogP contribution in [0.25, 0.3) is 0 Å². The van der Waals surface area contributed by atoms with Gasteiger partial charge in [-0.3, -0.25) is 0 Å². The van der Waals surface area contributed by atoms with E-state index < -0.39 is 0 Å². The van der Waals surface area contributed by atoms with Crippen LogP contribution >= 0.6 is 0 Å². The molecule has 1 aromatic heterocycles. The Bertz CT molecular complexity index is 357. The lowest BCUT2D eigenvalue weighted by Gasteiger charge is -2.21. The van der Waals surface area contributed by atoms with Crippen molar-refractivity contribution in [2.75, 3.05) is 6.54 Å². The van der Waals surface area contributed by atoms with Gasteiger partial charge in [0.25, 0.3) is 0 Å². The molecular formula is C10H16N4. The van der Waals surface area contributed by atoms with Gasteiger partial charge in [-0.1, -0.05) is 6.92 Å². The lowest BCUT2D eigenvalue weighted by molar-refractivity contribution is 0.429. The van der Waals surface area contributed by atoms with Crippen LogP contribution in [0.5, 0.6) is 0 Å². The summed E-state index contributed by atoms with van der Waals surface area (Å²) in [5, 5.41) is 12.0. The van der Waals surface area contributed by atoms with Crippen LogP contribution < -0.4 is 5.32 Å². The number of hydrogen-bond acceptors (Lipinski definition) is 3. The molecule has 4 heteroatoms. The van der Waals surface area contributed by atoms with Crippen molar-refractivity contribution >= 4 is 0 Å². The molecule has 3 rings (SSSR count). The standard InChI is InChI=1S/C10H16N4/c1-6-5-8(6)10-13-12-9-7(2)11-3-4-14(9)10/h6-8,11H,3-5H2,1-2H3.